The van der Waals surface area contributed by atoms with Gasteiger partial charge in [0.25, 0.3) is 11.8 Å². The number of piperidine rings is 1. The first-order valence-corrected chi connectivity index (χ1v) is 8.87. The van der Waals surface area contributed by atoms with Crippen molar-refractivity contribution in [3.63, 3.8) is 0 Å². The van der Waals surface area contributed by atoms with E-state index in [4.69, 9.17) is 4.52 Å². The molecule has 1 fully saturated rings. The summed E-state index contributed by atoms with van der Waals surface area (Å²) in [6.45, 7) is 8.79. The van der Waals surface area contributed by atoms with Gasteiger partial charge >= 0.3 is 0 Å². The SMILES string of the molecule is CC(C)(C)c1noc(-c2ccccc2C(=O)NCC2CCCNC2)n1.Cl. The standard InChI is InChI=1S/C19H26N4O2.ClH/c1-19(2,3)18-22-17(25-23-18)15-9-5-4-8-14(15)16(24)21-12-13-7-6-10-20-11-13;/h4-5,8-9,13,20H,6-7,10-12H2,1-3H3,(H,21,24);1H. The summed E-state index contributed by atoms with van der Waals surface area (Å²) >= 11 is 0. The zero-order chi connectivity index (χ0) is 17.9. The number of aromatic nitrogens is 2. The van der Waals surface area contributed by atoms with E-state index in [1.165, 1.54) is 0 Å². The summed E-state index contributed by atoms with van der Waals surface area (Å²) in [4.78, 5) is 17.1. The first kappa shape index (κ1) is 20.4. The molecule has 1 aliphatic heterocycles. The van der Waals surface area contributed by atoms with E-state index in [1.807, 2.05) is 39.0 Å². The zero-order valence-corrected chi connectivity index (χ0v) is 16.4. The van der Waals surface area contributed by atoms with Gasteiger partial charge in [-0.15, -0.1) is 12.4 Å². The topological polar surface area (TPSA) is 80.0 Å². The number of benzene rings is 1. The highest BCUT2D eigenvalue weighted by molar-refractivity contribution is 5.99. The highest BCUT2D eigenvalue weighted by atomic mass is 35.5. The maximum atomic E-state index is 12.7. The van der Waals surface area contributed by atoms with Gasteiger partial charge in [-0.25, -0.2) is 0 Å². The number of amides is 1. The number of carbonyl (C=O) groups excluding carboxylic acids is 1. The Hall–Kier alpha value is -1.92. The third-order valence-electron chi connectivity index (χ3n) is 4.45. The third-order valence-corrected chi connectivity index (χ3v) is 4.45. The molecule has 1 unspecified atom stereocenters. The van der Waals surface area contributed by atoms with Gasteiger partial charge in [0, 0.05) is 12.0 Å². The van der Waals surface area contributed by atoms with Gasteiger partial charge in [-0.05, 0) is 44.0 Å². The van der Waals surface area contributed by atoms with Gasteiger partial charge < -0.3 is 15.2 Å². The molecular formula is C19H27ClN4O2. The van der Waals surface area contributed by atoms with E-state index >= 15 is 0 Å². The number of nitrogens with one attached hydrogen (secondary N) is 2. The van der Waals surface area contributed by atoms with E-state index in [9.17, 15) is 4.79 Å². The molecule has 7 heteroatoms. The van der Waals surface area contributed by atoms with Crippen LogP contribution in [0.2, 0.25) is 0 Å². The molecule has 0 bridgehead atoms. The fraction of sp³-hybridized carbons (Fsp3) is 0.526. The third kappa shape index (κ3) is 4.83. The Morgan fingerprint density at radius 1 is 1.35 bits per heavy atom. The van der Waals surface area contributed by atoms with Crippen LogP contribution < -0.4 is 10.6 Å². The number of rotatable bonds is 4. The second-order valence-corrected chi connectivity index (χ2v) is 7.64. The van der Waals surface area contributed by atoms with Crippen molar-refractivity contribution >= 4 is 18.3 Å². The lowest BCUT2D eigenvalue weighted by atomic mass is 9.96. The summed E-state index contributed by atoms with van der Waals surface area (Å²) in [5.74, 6) is 1.40. The molecule has 1 aromatic heterocycles. The highest BCUT2D eigenvalue weighted by Gasteiger charge is 2.24. The number of halogens is 1. The predicted molar refractivity (Wildman–Crippen MR) is 104 cm³/mol. The van der Waals surface area contributed by atoms with Crippen LogP contribution in [0.3, 0.4) is 0 Å². The van der Waals surface area contributed by atoms with Crippen molar-refractivity contribution in [2.24, 2.45) is 5.92 Å². The van der Waals surface area contributed by atoms with Crippen LogP contribution in [0.15, 0.2) is 28.8 Å². The van der Waals surface area contributed by atoms with Gasteiger partial charge in [-0.2, -0.15) is 4.98 Å². The van der Waals surface area contributed by atoms with Crippen LogP contribution >= 0.6 is 12.4 Å². The van der Waals surface area contributed by atoms with Crippen molar-refractivity contribution in [1.82, 2.24) is 20.8 Å². The van der Waals surface area contributed by atoms with Crippen LogP contribution in [0.1, 0.15) is 49.8 Å². The second-order valence-electron chi connectivity index (χ2n) is 7.64. The summed E-state index contributed by atoms with van der Waals surface area (Å²) in [5, 5.41) is 10.5. The second kappa shape index (κ2) is 8.64. The summed E-state index contributed by atoms with van der Waals surface area (Å²) in [6, 6.07) is 7.36. The highest BCUT2D eigenvalue weighted by Crippen LogP contribution is 2.26. The van der Waals surface area contributed by atoms with Crippen LogP contribution in [0.5, 0.6) is 0 Å². The van der Waals surface area contributed by atoms with E-state index in [2.05, 4.69) is 20.8 Å². The summed E-state index contributed by atoms with van der Waals surface area (Å²) < 4.78 is 5.41. The van der Waals surface area contributed by atoms with Crippen LogP contribution in [0.4, 0.5) is 0 Å². The van der Waals surface area contributed by atoms with E-state index < -0.39 is 0 Å². The lowest BCUT2D eigenvalue weighted by molar-refractivity contribution is 0.0945. The van der Waals surface area contributed by atoms with Gasteiger partial charge in [-0.3, -0.25) is 4.79 Å². The smallest absolute Gasteiger partial charge is 0.258 e. The minimum absolute atomic E-state index is 0. The van der Waals surface area contributed by atoms with Crippen molar-refractivity contribution in [2.75, 3.05) is 19.6 Å². The maximum Gasteiger partial charge on any atom is 0.258 e. The van der Waals surface area contributed by atoms with Crippen LogP contribution in [-0.2, 0) is 5.41 Å². The van der Waals surface area contributed by atoms with Crippen molar-refractivity contribution in [1.29, 1.82) is 0 Å². The largest absolute Gasteiger partial charge is 0.352 e. The van der Waals surface area contributed by atoms with Gasteiger partial charge in [0.1, 0.15) is 0 Å². The van der Waals surface area contributed by atoms with Crippen molar-refractivity contribution in [2.45, 2.75) is 39.0 Å². The Morgan fingerprint density at radius 2 is 2.12 bits per heavy atom. The van der Waals surface area contributed by atoms with E-state index in [0.29, 0.717) is 35.3 Å². The minimum atomic E-state index is -0.201. The average molecular weight is 379 g/mol. The molecule has 142 valence electrons. The van der Waals surface area contributed by atoms with Crippen molar-refractivity contribution in [3.05, 3.63) is 35.7 Å². The molecular weight excluding hydrogens is 352 g/mol. The lowest BCUT2D eigenvalue weighted by Gasteiger charge is -2.23. The molecule has 1 amide bonds. The monoisotopic (exact) mass is 378 g/mol. The average Bonchev–Trinajstić information content (AvgIpc) is 3.11. The molecule has 0 radical (unpaired) electrons. The van der Waals surface area contributed by atoms with Gasteiger partial charge in [0.15, 0.2) is 5.82 Å². The number of carbonyl (C=O) groups is 1. The normalized spacial score (nSPS) is 17.4. The molecule has 0 aliphatic carbocycles. The number of hydrogen-bond donors (Lipinski definition) is 2. The Morgan fingerprint density at radius 3 is 2.77 bits per heavy atom. The summed E-state index contributed by atoms with van der Waals surface area (Å²) in [7, 11) is 0. The van der Waals surface area contributed by atoms with Crippen LogP contribution in [-0.4, -0.2) is 35.7 Å². The van der Waals surface area contributed by atoms with Gasteiger partial charge in [0.2, 0.25) is 0 Å². The molecule has 26 heavy (non-hydrogen) atoms. The van der Waals surface area contributed by atoms with E-state index in [0.717, 1.165) is 25.9 Å². The lowest BCUT2D eigenvalue weighted by Crippen LogP contribution is -2.38. The van der Waals surface area contributed by atoms with Crippen molar-refractivity contribution < 1.29 is 9.32 Å². The predicted octanol–water partition coefficient (Wildman–Crippen LogP) is 3.19. The first-order valence-electron chi connectivity index (χ1n) is 8.87. The molecule has 2 aromatic rings. The minimum Gasteiger partial charge on any atom is -0.352 e. The molecule has 0 spiro atoms. The first-order chi connectivity index (χ1) is 11.9. The Balaban J connectivity index is 0.00000243. The Bertz CT molecular complexity index is 733. The van der Waals surface area contributed by atoms with Crippen molar-refractivity contribution in [3.8, 4) is 11.5 Å². The van der Waals surface area contributed by atoms with Crippen LogP contribution in [0.25, 0.3) is 11.5 Å². The Kier molecular flexibility index (Phi) is 6.78. The number of hydrogen-bond acceptors (Lipinski definition) is 5. The maximum absolute atomic E-state index is 12.7. The van der Waals surface area contributed by atoms with Gasteiger partial charge in [-0.1, -0.05) is 38.1 Å². The fourth-order valence-electron chi connectivity index (χ4n) is 2.94. The zero-order valence-electron chi connectivity index (χ0n) is 15.5. The molecule has 1 aromatic carbocycles. The Labute approximate surface area is 160 Å². The molecule has 3 rings (SSSR count). The van der Waals surface area contributed by atoms with Crippen LogP contribution in [0, 0.1) is 5.92 Å². The molecule has 1 atom stereocenters. The molecule has 0 saturated carbocycles. The summed E-state index contributed by atoms with van der Waals surface area (Å²) in [5.41, 5.74) is 1.03. The molecule has 2 heterocycles. The number of nitrogens with zero attached hydrogens (tertiary/aromatic N) is 2. The molecule has 2 N–H and O–H groups in total. The van der Waals surface area contributed by atoms with E-state index in [1.54, 1.807) is 6.07 Å². The quantitative estimate of drug-likeness (QED) is 0.854. The molecule has 1 aliphatic rings. The fourth-order valence-corrected chi connectivity index (χ4v) is 2.94. The summed E-state index contributed by atoms with van der Waals surface area (Å²) in [6.07, 6.45) is 2.31. The van der Waals surface area contributed by atoms with E-state index in [-0.39, 0.29) is 23.7 Å². The molecule has 1 saturated heterocycles. The van der Waals surface area contributed by atoms with Gasteiger partial charge in [0.05, 0.1) is 11.1 Å². The molecule has 6 nitrogen and oxygen atoms in total.